The summed E-state index contributed by atoms with van der Waals surface area (Å²) in [6.45, 7) is 1.77. The van der Waals surface area contributed by atoms with E-state index >= 15 is 0 Å². The van der Waals surface area contributed by atoms with E-state index in [4.69, 9.17) is 9.47 Å². The number of ether oxygens (including phenoxy) is 2. The molecule has 1 rings (SSSR count). The molecule has 0 saturated carbocycles. The van der Waals surface area contributed by atoms with Crippen LogP contribution in [0.25, 0.3) is 0 Å². The first-order chi connectivity index (χ1) is 8.00. The van der Waals surface area contributed by atoms with Crippen molar-refractivity contribution in [1.82, 2.24) is 0 Å². The van der Waals surface area contributed by atoms with E-state index in [0.29, 0.717) is 27.8 Å². The summed E-state index contributed by atoms with van der Waals surface area (Å²) in [7, 11) is 0. The molecule has 0 atom stereocenters. The average molecular weight is 368 g/mol. The van der Waals surface area contributed by atoms with Gasteiger partial charge in [0.25, 0.3) is 0 Å². The Balaban J connectivity index is 2.33. The molecule has 0 aromatic heterocycles. The number of halogens is 2. The fraction of sp³-hybridized carbons (Fsp3) is 0.455. The predicted molar refractivity (Wildman–Crippen MR) is 69.5 cm³/mol. The predicted octanol–water partition coefficient (Wildman–Crippen LogP) is 3.16. The fourth-order valence-corrected chi connectivity index (χ4v) is 1.70. The molecule has 0 N–H and O–H groups in total. The van der Waals surface area contributed by atoms with E-state index in [1.54, 1.807) is 6.08 Å². The highest BCUT2D eigenvalue weighted by atomic mass is 79.9. The molecular formula is C11H12Br2O4. The smallest absolute Gasteiger partial charge is 0.339 e. The monoisotopic (exact) mass is 366 g/mol. The first kappa shape index (κ1) is 14.4. The van der Waals surface area contributed by atoms with Crippen LogP contribution in [0.3, 0.4) is 0 Å². The Labute approximate surface area is 116 Å². The van der Waals surface area contributed by atoms with Crippen LogP contribution in [0.15, 0.2) is 20.8 Å². The third kappa shape index (κ3) is 5.04. The van der Waals surface area contributed by atoms with E-state index in [9.17, 15) is 9.59 Å². The van der Waals surface area contributed by atoms with E-state index in [-0.39, 0.29) is 11.9 Å². The standard InChI is InChI=1S/C11H12Br2O4/c1-7(14)16-5-3-2-4-8-6-9(10(12)13)17-11(8)15/h6H,2-5H2,1H3. The summed E-state index contributed by atoms with van der Waals surface area (Å²) >= 11 is 6.36. The van der Waals surface area contributed by atoms with Crippen LogP contribution in [-0.2, 0) is 19.1 Å². The second kappa shape index (κ2) is 6.96. The molecule has 4 nitrogen and oxygen atoms in total. The lowest BCUT2D eigenvalue weighted by atomic mass is 10.1. The van der Waals surface area contributed by atoms with E-state index < -0.39 is 0 Å². The lowest BCUT2D eigenvalue weighted by molar-refractivity contribution is -0.141. The minimum atomic E-state index is -0.316. The molecule has 0 amide bonds. The first-order valence-corrected chi connectivity index (χ1v) is 6.70. The lowest BCUT2D eigenvalue weighted by Crippen LogP contribution is -2.02. The van der Waals surface area contributed by atoms with E-state index in [1.165, 1.54) is 6.92 Å². The zero-order chi connectivity index (χ0) is 12.8. The van der Waals surface area contributed by atoms with Gasteiger partial charge in [-0.1, -0.05) is 0 Å². The van der Waals surface area contributed by atoms with Gasteiger partial charge in [0, 0.05) is 12.5 Å². The number of hydrogen-bond donors (Lipinski definition) is 0. The van der Waals surface area contributed by atoms with Crippen molar-refractivity contribution >= 4 is 43.8 Å². The van der Waals surface area contributed by atoms with E-state index in [1.807, 2.05) is 0 Å². The first-order valence-electron chi connectivity index (χ1n) is 5.12. The Bertz CT molecular complexity index is 381. The number of hydrogen-bond acceptors (Lipinski definition) is 4. The van der Waals surface area contributed by atoms with Crippen LogP contribution >= 0.6 is 31.9 Å². The van der Waals surface area contributed by atoms with Crippen LogP contribution in [0.2, 0.25) is 0 Å². The van der Waals surface area contributed by atoms with E-state index in [0.717, 1.165) is 12.8 Å². The molecular weight excluding hydrogens is 356 g/mol. The van der Waals surface area contributed by atoms with Crippen molar-refractivity contribution in [2.75, 3.05) is 6.61 Å². The largest absolute Gasteiger partial charge is 0.466 e. The third-order valence-corrected chi connectivity index (χ3v) is 2.88. The van der Waals surface area contributed by atoms with Gasteiger partial charge in [-0.3, -0.25) is 4.79 Å². The van der Waals surface area contributed by atoms with Gasteiger partial charge in [-0.25, -0.2) is 4.79 Å². The molecule has 0 fully saturated rings. The topological polar surface area (TPSA) is 52.6 Å². The second-order valence-electron chi connectivity index (χ2n) is 3.48. The number of carbonyl (C=O) groups is 2. The number of rotatable bonds is 5. The highest BCUT2D eigenvalue weighted by Crippen LogP contribution is 2.29. The van der Waals surface area contributed by atoms with Gasteiger partial charge in [0.2, 0.25) is 0 Å². The molecule has 6 heteroatoms. The summed E-state index contributed by atoms with van der Waals surface area (Å²) in [4.78, 5) is 21.9. The van der Waals surface area contributed by atoms with Crippen molar-refractivity contribution in [2.45, 2.75) is 26.2 Å². The summed E-state index contributed by atoms with van der Waals surface area (Å²) < 4.78 is 10.4. The molecule has 0 bridgehead atoms. The molecule has 0 aromatic carbocycles. The van der Waals surface area contributed by atoms with Crippen LogP contribution in [0, 0.1) is 0 Å². The maximum Gasteiger partial charge on any atom is 0.339 e. The molecule has 1 aliphatic heterocycles. The van der Waals surface area contributed by atoms with Crippen LogP contribution in [0.4, 0.5) is 0 Å². The molecule has 1 aliphatic rings. The van der Waals surface area contributed by atoms with Crippen LogP contribution < -0.4 is 0 Å². The molecule has 0 saturated heterocycles. The Morgan fingerprint density at radius 2 is 2.12 bits per heavy atom. The fourth-order valence-electron chi connectivity index (χ4n) is 1.31. The highest BCUT2D eigenvalue weighted by Gasteiger charge is 2.21. The minimum Gasteiger partial charge on any atom is -0.466 e. The molecule has 17 heavy (non-hydrogen) atoms. The number of cyclic esters (lactones) is 1. The zero-order valence-corrected chi connectivity index (χ0v) is 12.5. The quantitative estimate of drug-likeness (QED) is 0.553. The Hall–Kier alpha value is -0.620. The van der Waals surface area contributed by atoms with E-state index in [2.05, 4.69) is 31.9 Å². The van der Waals surface area contributed by atoms with Gasteiger partial charge in [0.1, 0.15) is 3.39 Å². The summed E-state index contributed by atoms with van der Waals surface area (Å²) in [6.07, 6.45) is 3.84. The van der Waals surface area contributed by atoms with Crippen molar-refractivity contribution in [3.05, 3.63) is 20.8 Å². The van der Waals surface area contributed by atoms with Gasteiger partial charge in [-0.05, 0) is 57.2 Å². The second-order valence-corrected chi connectivity index (χ2v) is 6.13. The van der Waals surface area contributed by atoms with Gasteiger partial charge in [0.15, 0.2) is 5.76 Å². The summed E-state index contributed by atoms with van der Waals surface area (Å²) in [5.41, 5.74) is 0.638. The normalized spacial score (nSPS) is 14.4. The van der Waals surface area contributed by atoms with Crippen LogP contribution in [0.5, 0.6) is 0 Å². The summed E-state index contributed by atoms with van der Waals surface area (Å²) in [5.74, 6) is -0.105. The molecule has 94 valence electrons. The van der Waals surface area contributed by atoms with Gasteiger partial charge in [-0.15, -0.1) is 0 Å². The average Bonchev–Trinajstić information content (AvgIpc) is 2.59. The maximum atomic E-state index is 11.4. The number of carbonyl (C=O) groups excluding carboxylic acids is 2. The molecule has 1 heterocycles. The van der Waals surface area contributed by atoms with Gasteiger partial charge < -0.3 is 9.47 Å². The summed E-state index contributed by atoms with van der Waals surface area (Å²) in [5, 5.41) is 0. The van der Waals surface area contributed by atoms with Crippen molar-refractivity contribution in [3.8, 4) is 0 Å². The maximum absolute atomic E-state index is 11.4. The molecule has 0 unspecified atom stereocenters. The SMILES string of the molecule is CC(=O)OCCCCC1=CC(=C(Br)Br)OC1=O. The van der Waals surface area contributed by atoms with Crippen molar-refractivity contribution in [2.24, 2.45) is 0 Å². The molecule has 0 spiro atoms. The zero-order valence-electron chi connectivity index (χ0n) is 9.29. The van der Waals surface area contributed by atoms with Crippen LogP contribution in [0.1, 0.15) is 26.2 Å². The number of unbranched alkanes of at least 4 members (excludes halogenated alkanes) is 1. The molecule has 0 aromatic rings. The summed E-state index contributed by atoms with van der Waals surface area (Å²) in [6, 6.07) is 0. The molecule has 0 radical (unpaired) electrons. The highest BCUT2D eigenvalue weighted by molar-refractivity contribution is 9.28. The number of allylic oxidation sites excluding steroid dienone is 1. The van der Waals surface area contributed by atoms with Gasteiger partial charge in [-0.2, -0.15) is 0 Å². The third-order valence-electron chi connectivity index (χ3n) is 2.10. The minimum absolute atomic E-state index is 0.280. The Kier molecular flexibility index (Phi) is 5.91. The van der Waals surface area contributed by atoms with Crippen LogP contribution in [-0.4, -0.2) is 18.5 Å². The lowest BCUT2D eigenvalue weighted by Gasteiger charge is -2.01. The van der Waals surface area contributed by atoms with Gasteiger partial charge in [0.05, 0.1) is 6.61 Å². The van der Waals surface area contributed by atoms with Gasteiger partial charge >= 0.3 is 11.9 Å². The Morgan fingerprint density at radius 1 is 1.41 bits per heavy atom. The Morgan fingerprint density at radius 3 is 2.65 bits per heavy atom. The van der Waals surface area contributed by atoms with Crippen molar-refractivity contribution in [1.29, 1.82) is 0 Å². The van der Waals surface area contributed by atoms with Crippen molar-refractivity contribution in [3.63, 3.8) is 0 Å². The van der Waals surface area contributed by atoms with Crippen molar-refractivity contribution < 1.29 is 19.1 Å². The molecule has 0 aliphatic carbocycles. The number of esters is 2.